The summed E-state index contributed by atoms with van der Waals surface area (Å²) in [5.41, 5.74) is 0.839. The molecule has 92 valence electrons. The Hall–Kier alpha value is -1.35. The standard InChI is InChI=1S/C14H18FNO/c1-9(2)16-12-6-5-11(15)7-10(12)8-13(16)14(3,4)17/h5-9,17H,1-4H3. The first-order valence-electron chi connectivity index (χ1n) is 5.84. The van der Waals surface area contributed by atoms with Gasteiger partial charge in [-0.1, -0.05) is 0 Å². The van der Waals surface area contributed by atoms with Crippen molar-refractivity contribution in [2.24, 2.45) is 0 Å². The molecule has 2 nitrogen and oxygen atoms in total. The molecule has 3 heteroatoms. The molecule has 2 rings (SSSR count). The fraction of sp³-hybridized carbons (Fsp3) is 0.429. The van der Waals surface area contributed by atoms with Crippen LogP contribution in [0.5, 0.6) is 0 Å². The molecule has 1 aromatic carbocycles. The molecular formula is C14H18FNO. The van der Waals surface area contributed by atoms with Crippen LogP contribution in [0.15, 0.2) is 24.3 Å². The highest BCUT2D eigenvalue weighted by molar-refractivity contribution is 5.82. The molecule has 0 atom stereocenters. The molecule has 0 bridgehead atoms. The van der Waals surface area contributed by atoms with Crippen LogP contribution in [0.2, 0.25) is 0 Å². The van der Waals surface area contributed by atoms with Crippen LogP contribution < -0.4 is 0 Å². The third-order valence-corrected chi connectivity index (χ3v) is 2.94. The van der Waals surface area contributed by atoms with Crippen LogP contribution in [-0.2, 0) is 5.60 Å². The van der Waals surface area contributed by atoms with Crippen molar-refractivity contribution in [2.75, 3.05) is 0 Å². The summed E-state index contributed by atoms with van der Waals surface area (Å²) >= 11 is 0. The quantitative estimate of drug-likeness (QED) is 0.845. The molecule has 2 aromatic rings. The Labute approximate surface area is 101 Å². The third-order valence-electron chi connectivity index (χ3n) is 2.94. The van der Waals surface area contributed by atoms with Gasteiger partial charge in [0.05, 0.1) is 11.3 Å². The van der Waals surface area contributed by atoms with Gasteiger partial charge in [0.15, 0.2) is 0 Å². The van der Waals surface area contributed by atoms with Gasteiger partial charge in [-0.15, -0.1) is 0 Å². The second-order valence-electron chi connectivity index (χ2n) is 5.26. The van der Waals surface area contributed by atoms with E-state index >= 15 is 0 Å². The van der Waals surface area contributed by atoms with Gasteiger partial charge in [0.2, 0.25) is 0 Å². The zero-order valence-electron chi connectivity index (χ0n) is 10.7. The van der Waals surface area contributed by atoms with Crippen molar-refractivity contribution >= 4 is 10.9 Å². The van der Waals surface area contributed by atoms with Crippen LogP contribution in [0.4, 0.5) is 4.39 Å². The highest BCUT2D eigenvalue weighted by Crippen LogP contribution is 2.31. The molecule has 0 spiro atoms. The molecule has 0 aliphatic carbocycles. The number of benzene rings is 1. The molecule has 1 aromatic heterocycles. The maximum absolute atomic E-state index is 13.2. The molecule has 0 amide bonds. The zero-order chi connectivity index (χ0) is 12.8. The smallest absolute Gasteiger partial charge is 0.123 e. The van der Waals surface area contributed by atoms with Gasteiger partial charge in [0.1, 0.15) is 5.82 Å². The third kappa shape index (κ3) is 2.07. The van der Waals surface area contributed by atoms with E-state index in [4.69, 9.17) is 0 Å². The minimum Gasteiger partial charge on any atom is -0.384 e. The van der Waals surface area contributed by atoms with E-state index < -0.39 is 5.60 Å². The molecule has 1 heterocycles. The van der Waals surface area contributed by atoms with Crippen LogP contribution in [0.3, 0.4) is 0 Å². The maximum atomic E-state index is 13.2. The molecule has 0 aliphatic rings. The summed E-state index contributed by atoms with van der Waals surface area (Å²) in [4.78, 5) is 0. The largest absolute Gasteiger partial charge is 0.384 e. The molecule has 0 radical (unpaired) electrons. The minimum atomic E-state index is -0.931. The van der Waals surface area contributed by atoms with Crippen LogP contribution in [0, 0.1) is 5.82 Å². The SMILES string of the molecule is CC(C)n1c(C(C)(C)O)cc2cc(F)ccc21. The highest BCUT2D eigenvalue weighted by Gasteiger charge is 2.23. The second-order valence-corrected chi connectivity index (χ2v) is 5.26. The monoisotopic (exact) mass is 235 g/mol. The van der Waals surface area contributed by atoms with Crippen LogP contribution in [0.1, 0.15) is 39.4 Å². The van der Waals surface area contributed by atoms with Crippen LogP contribution >= 0.6 is 0 Å². The second kappa shape index (κ2) is 3.84. The summed E-state index contributed by atoms with van der Waals surface area (Å²) in [6.07, 6.45) is 0. The summed E-state index contributed by atoms with van der Waals surface area (Å²) in [5, 5.41) is 11.0. The average Bonchev–Trinajstić information content (AvgIpc) is 2.55. The number of aliphatic hydroxyl groups is 1. The summed E-state index contributed by atoms with van der Waals surface area (Å²) in [7, 11) is 0. The molecule has 0 fully saturated rings. The molecule has 0 aliphatic heterocycles. The number of aromatic nitrogens is 1. The molecule has 1 N–H and O–H groups in total. The van der Waals surface area contributed by atoms with E-state index in [1.165, 1.54) is 12.1 Å². The van der Waals surface area contributed by atoms with Crippen molar-refractivity contribution in [3.05, 3.63) is 35.8 Å². The molecule has 17 heavy (non-hydrogen) atoms. The number of fused-ring (bicyclic) bond motifs is 1. The van der Waals surface area contributed by atoms with Gasteiger partial charge in [0.25, 0.3) is 0 Å². The van der Waals surface area contributed by atoms with Crippen LogP contribution in [-0.4, -0.2) is 9.67 Å². The maximum Gasteiger partial charge on any atom is 0.123 e. The fourth-order valence-corrected chi connectivity index (χ4v) is 2.23. The molecule has 0 saturated carbocycles. The Morgan fingerprint density at radius 3 is 2.41 bits per heavy atom. The Bertz CT molecular complexity index is 549. The topological polar surface area (TPSA) is 25.2 Å². The highest BCUT2D eigenvalue weighted by atomic mass is 19.1. The van der Waals surface area contributed by atoms with Gasteiger partial charge in [-0.2, -0.15) is 0 Å². The lowest BCUT2D eigenvalue weighted by Gasteiger charge is -2.23. The first-order valence-corrected chi connectivity index (χ1v) is 5.84. The number of nitrogens with zero attached hydrogens (tertiary/aromatic N) is 1. The summed E-state index contributed by atoms with van der Waals surface area (Å²) in [6.45, 7) is 7.60. The van der Waals surface area contributed by atoms with Gasteiger partial charge in [0, 0.05) is 16.9 Å². The normalized spacial score (nSPS) is 12.6. The number of hydrogen-bond donors (Lipinski definition) is 1. The predicted octanol–water partition coefficient (Wildman–Crippen LogP) is 3.59. The van der Waals surface area contributed by atoms with Gasteiger partial charge < -0.3 is 9.67 Å². The molecule has 0 saturated heterocycles. The van der Waals surface area contributed by atoms with Crippen molar-refractivity contribution in [3.8, 4) is 0 Å². The van der Waals surface area contributed by atoms with Crippen molar-refractivity contribution in [3.63, 3.8) is 0 Å². The lowest BCUT2D eigenvalue weighted by Crippen LogP contribution is -2.21. The van der Waals surface area contributed by atoms with E-state index in [9.17, 15) is 9.50 Å². The van der Waals surface area contributed by atoms with Gasteiger partial charge in [-0.05, 0) is 52.0 Å². The zero-order valence-corrected chi connectivity index (χ0v) is 10.7. The van der Waals surface area contributed by atoms with E-state index in [0.717, 1.165) is 16.6 Å². The van der Waals surface area contributed by atoms with Gasteiger partial charge >= 0.3 is 0 Å². The Morgan fingerprint density at radius 1 is 1.24 bits per heavy atom. The predicted molar refractivity (Wildman–Crippen MR) is 67.5 cm³/mol. The lowest BCUT2D eigenvalue weighted by molar-refractivity contribution is 0.0691. The van der Waals surface area contributed by atoms with Crippen molar-refractivity contribution in [2.45, 2.75) is 39.3 Å². The van der Waals surface area contributed by atoms with E-state index in [1.807, 2.05) is 6.07 Å². The van der Waals surface area contributed by atoms with E-state index in [1.54, 1.807) is 19.9 Å². The van der Waals surface area contributed by atoms with Crippen molar-refractivity contribution < 1.29 is 9.50 Å². The van der Waals surface area contributed by atoms with Gasteiger partial charge in [-0.25, -0.2) is 4.39 Å². The number of rotatable bonds is 2. The Balaban J connectivity index is 2.80. The minimum absolute atomic E-state index is 0.222. The average molecular weight is 235 g/mol. The van der Waals surface area contributed by atoms with Crippen molar-refractivity contribution in [1.29, 1.82) is 0 Å². The number of halogens is 1. The van der Waals surface area contributed by atoms with Gasteiger partial charge in [-0.3, -0.25) is 0 Å². The Kier molecular flexibility index (Phi) is 2.74. The summed E-state index contributed by atoms with van der Waals surface area (Å²) in [5.74, 6) is -0.249. The fourth-order valence-electron chi connectivity index (χ4n) is 2.23. The van der Waals surface area contributed by atoms with E-state index in [2.05, 4.69) is 18.4 Å². The molecular weight excluding hydrogens is 217 g/mol. The van der Waals surface area contributed by atoms with E-state index in [0.29, 0.717) is 0 Å². The lowest BCUT2D eigenvalue weighted by atomic mass is 10.1. The Morgan fingerprint density at radius 2 is 1.88 bits per heavy atom. The summed E-state index contributed by atoms with van der Waals surface area (Å²) in [6, 6.07) is 6.80. The van der Waals surface area contributed by atoms with Crippen LogP contribution in [0.25, 0.3) is 10.9 Å². The first-order chi connectivity index (χ1) is 7.80. The summed E-state index contributed by atoms with van der Waals surface area (Å²) < 4.78 is 15.3. The van der Waals surface area contributed by atoms with Crippen molar-refractivity contribution in [1.82, 2.24) is 4.57 Å². The first kappa shape index (κ1) is 12.1. The number of hydrogen-bond acceptors (Lipinski definition) is 1. The molecule has 0 unspecified atom stereocenters. The van der Waals surface area contributed by atoms with E-state index in [-0.39, 0.29) is 11.9 Å².